The third-order valence-corrected chi connectivity index (χ3v) is 5.38. The topological polar surface area (TPSA) is 98.0 Å². The van der Waals surface area contributed by atoms with Gasteiger partial charge in [-0.2, -0.15) is 26.3 Å². The molecule has 0 aromatic carbocycles. The van der Waals surface area contributed by atoms with Crippen molar-refractivity contribution in [3.8, 4) is 0 Å². The molecule has 2 unspecified atom stereocenters. The van der Waals surface area contributed by atoms with Gasteiger partial charge in [0.05, 0.1) is 6.61 Å². The molecule has 0 aromatic rings. The van der Waals surface area contributed by atoms with Gasteiger partial charge in [-0.25, -0.2) is 0 Å². The highest BCUT2D eigenvalue weighted by Crippen LogP contribution is 2.59. The Bertz CT molecular complexity index is 515. The summed E-state index contributed by atoms with van der Waals surface area (Å²) in [5.41, 5.74) is -9.25. The second-order valence-corrected chi connectivity index (χ2v) is 6.97. The smallest absolute Gasteiger partial charge is 0.418 e. The molecular formula is C14H20F6O5. The van der Waals surface area contributed by atoms with Crippen LogP contribution in [0.4, 0.5) is 26.3 Å². The largest absolute Gasteiger partial charge is 0.481 e. The summed E-state index contributed by atoms with van der Waals surface area (Å²) in [6.45, 7) is 0.615. The molecule has 0 heterocycles. The van der Waals surface area contributed by atoms with Crippen LogP contribution in [0.1, 0.15) is 39.5 Å². The lowest BCUT2D eigenvalue weighted by atomic mass is 9.85. The van der Waals surface area contributed by atoms with E-state index in [1.807, 2.05) is 0 Å². The molecule has 0 bridgehead atoms. The zero-order valence-corrected chi connectivity index (χ0v) is 13.5. The molecule has 2 atom stereocenters. The predicted octanol–water partition coefficient (Wildman–Crippen LogP) is 2.24. The van der Waals surface area contributed by atoms with Crippen molar-refractivity contribution in [3.05, 3.63) is 0 Å². The second kappa shape index (κ2) is 5.98. The molecule has 0 radical (unpaired) electrons. The number of aliphatic hydroxyl groups excluding tert-OH is 1. The Morgan fingerprint density at radius 2 is 1.24 bits per heavy atom. The van der Waals surface area contributed by atoms with Gasteiger partial charge < -0.3 is 20.4 Å². The average molecular weight is 382 g/mol. The van der Waals surface area contributed by atoms with Gasteiger partial charge >= 0.3 is 18.3 Å². The number of alkyl halides is 6. The van der Waals surface area contributed by atoms with E-state index >= 15 is 0 Å². The third kappa shape index (κ3) is 3.45. The van der Waals surface area contributed by atoms with Crippen molar-refractivity contribution in [2.24, 2.45) is 10.8 Å². The molecule has 0 saturated heterocycles. The Hall–Kier alpha value is -1.07. The highest BCUT2D eigenvalue weighted by molar-refractivity contribution is 5.79. The van der Waals surface area contributed by atoms with Crippen molar-refractivity contribution in [1.82, 2.24) is 0 Å². The van der Waals surface area contributed by atoms with Crippen LogP contribution in [0.15, 0.2) is 0 Å². The van der Waals surface area contributed by atoms with E-state index in [4.69, 9.17) is 20.4 Å². The van der Waals surface area contributed by atoms with E-state index in [9.17, 15) is 31.1 Å². The maximum atomic E-state index is 12.2. The van der Waals surface area contributed by atoms with Crippen LogP contribution in [-0.4, -0.2) is 56.6 Å². The molecule has 0 amide bonds. The van der Waals surface area contributed by atoms with E-state index in [1.165, 1.54) is 0 Å². The predicted molar refractivity (Wildman–Crippen MR) is 71.4 cm³/mol. The van der Waals surface area contributed by atoms with Crippen LogP contribution in [0.25, 0.3) is 0 Å². The molecule has 2 saturated carbocycles. The summed E-state index contributed by atoms with van der Waals surface area (Å²) < 4.78 is 73.2. The van der Waals surface area contributed by atoms with Crippen molar-refractivity contribution < 1.29 is 51.6 Å². The Balaban J connectivity index is 0.000000251. The highest BCUT2D eigenvalue weighted by Gasteiger charge is 2.72. The fourth-order valence-corrected chi connectivity index (χ4v) is 2.56. The van der Waals surface area contributed by atoms with E-state index in [2.05, 4.69) is 0 Å². The maximum Gasteiger partial charge on any atom is 0.418 e. The number of rotatable bonds is 4. The van der Waals surface area contributed by atoms with Crippen LogP contribution in [0.5, 0.6) is 0 Å². The number of halogens is 6. The maximum absolute atomic E-state index is 12.2. The second-order valence-electron chi connectivity index (χ2n) is 6.97. The number of hydrogen-bond donors (Lipinski definition) is 4. The van der Waals surface area contributed by atoms with Gasteiger partial charge in [-0.05, 0) is 39.5 Å². The minimum Gasteiger partial charge on any atom is -0.481 e. The summed E-state index contributed by atoms with van der Waals surface area (Å²) in [6.07, 6.45) is -9.36. The number of carboxylic acids is 1. The lowest BCUT2D eigenvalue weighted by Crippen LogP contribution is -2.53. The van der Waals surface area contributed by atoms with E-state index in [1.54, 1.807) is 0 Å². The van der Waals surface area contributed by atoms with Crippen LogP contribution in [-0.2, 0) is 4.79 Å². The first-order valence-corrected chi connectivity index (χ1v) is 7.34. The molecule has 2 aliphatic carbocycles. The molecule has 25 heavy (non-hydrogen) atoms. The first-order valence-electron chi connectivity index (χ1n) is 7.34. The van der Waals surface area contributed by atoms with Crippen molar-refractivity contribution in [2.75, 3.05) is 6.61 Å². The Morgan fingerprint density at radius 1 is 0.880 bits per heavy atom. The minimum absolute atomic E-state index is 0.130. The van der Waals surface area contributed by atoms with E-state index in [0.29, 0.717) is 6.92 Å². The molecule has 5 nitrogen and oxygen atoms in total. The van der Waals surface area contributed by atoms with Crippen molar-refractivity contribution in [1.29, 1.82) is 0 Å². The van der Waals surface area contributed by atoms with Crippen LogP contribution < -0.4 is 0 Å². The summed E-state index contributed by atoms with van der Waals surface area (Å²) in [4.78, 5) is 10.5. The van der Waals surface area contributed by atoms with Crippen LogP contribution >= 0.6 is 0 Å². The molecular weight excluding hydrogens is 362 g/mol. The van der Waals surface area contributed by atoms with Crippen molar-refractivity contribution in [3.63, 3.8) is 0 Å². The van der Waals surface area contributed by atoms with Gasteiger partial charge in [0.15, 0.2) is 11.2 Å². The van der Waals surface area contributed by atoms with Gasteiger partial charge in [-0.1, -0.05) is 0 Å². The van der Waals surface area contributed by atoms with E-state index in [0.717, 1.165) is 6.92 Å². The Morgan fingerprint density at radius 3 is 1.32 bits per heavy atom. The molecule has 0 aliphatic heterocycles. The molecule has 2 aliphatic rings. The summed E-state index contributed by atoms with van der Waals surface area (Å²) in [5.74, 6) is -1.59. The van der Waals surface area contributed by atoms with E-state index in [-0.39, 0.29) is 25.7 Å². The lowest BCUT2D eigenvalue weighted by molar-refractivity contribution is -0.281. The zero-order chi connectivity index (χ0) is 20.1. The van der Waals surface area contributed by atoms with Gasteiger partial charge in [0, 0.05) is 5.41 Å². The molecule has 11 heteroatoms. The molecule has 0 aromatic heterocycles. The highest BCUT2D eigenvalue weighted by atomic mass is 19.4. The SMILES string of the molecule is CC(O)(C(F)(F)F)C1(C(=O)O)CC1.CC(O)(C(F)(F)F)C1(CO)CC1. The first-order chi connectivity index (χ1) is 10.9. The standard InChI is InChI=1S/C7H9F3O3.C7H11F3O2/c1-5(13,7(8,9)10)6(2-3-6)4(11)12;1-5(12,7(8,9)10)6(4-11)2-3-6/h13H,2-3H2,1H3,(H,11,12);11-12H,2-4H2,1H3. The van der Waals surface area contributed by atoms with Gasteiger partial charge in [-0.3, -0.25) is 4.79 Å². The normalized spacial score (nSPS) is 25.7. The molecule has 2 rings (SSSR count). The van der Waals surface area contributed by atoms with Gasteiger partial charge in [0.25, 0.3) is 0 Å². The first kappa shape index (κ1) is 22.0. The van der Waals surface area contributed by atoms with Crippen molar-refractivity contribution >= 4 is 5.97 Å². The lowest BCUT2D eigenvalue weighted by Gasteiger charge is -2.33. The van der Waals surface area contributed by atoms with Crippen LogP contribution in [0.3, 0.4) is 0 Å². The van der Waals surface area contributed by atoms with Gasteiger partial charge in [-0.15, -0.1) is 0 Å². The summed E-state index contributed by atoms with van der Waals surface area (Å²) >= 11 is 0. The number of carbonyl (C=O) groups is 1. The van der Waals surface area contributed by atoms with Gasteiger partial charge in [0.1, 0.15) is 5.41 Å². The summed E-state index contributed by atoms with van der Waals surface area (Å²) in [7, 11) is 0. The Kier molecular flexibility index (Phi) is 5.26. The Labute approximate surface area is 139 Å². The molecule has 148 valence electrons. The average Bonchev–Trinajstić information content (AvgIpc) is 3.29. The summed E-state index contributed by atoms with van der Waals surface area (Å²) in [5, 5.41) is 35.5. The molecule has 2 fully saturated rings. The zero-order valence-electron chi connectivity index (χ0n) is 13.5. The number of aliphatic carboxylic acids is 1. The number of hydrogen-bond acceptors (Lipinski definition) is 4. The van der Waals surface area contributed by atoms with Crippen LogP contribution in [0, 0.1) is 10.8 Å². The fourth-order valence-electron chi connectivity index (χ4n) is 2.56. The monoisotopic (exact) mass is 382 g/mol. The van der Waals surface area contributed by atoms with Crippen molar-refractivity contribution in [2.45, 2.75) is 63.1 Å². The summed E-state index contributed by atoms with van der Waals surface area (Å²) in [6, 6.07) is 0. The third-order valence-electron chi connectivity index (χ3n) is 5.38. The van der Waals surface area contributed by atoms with Crippen LogP contribution in [0.2, 0.25) is 0 Å². The van der Waals surface area contributed by atoms with Gasteiger partial charge in [0.2, 0.25) is 0 Å². The number of aliphatic hydroxyl groups is 3. The molecule has 4 N–H and O–H groups in total. The minimum atomic E-state index is -4.90. The number of carboxylic acid groups (broad SMARTS) is 1. The van der Waals surface area contributed by atoms with E-state index < -0.39 is 47.0 Å². The fraction of sp³-hybridized carbons (Fsp3) is 0.929. The quantitative estimate of drug-likeness (QED) is 0.559. The molecule has 0 spiro atoms.